The van der Waals surface area contributed by atoms with Crippen LogP contribution >= 0.6 is 0 Å². The van der Waals surface area contributed by atoms with E-state index in [9.17, 15) is 0 Å². The lowest BCUT2D eigenvalue weighted by atomic mass is 10.1. The average molecular weight is 211 g/mol. The van der Waals surface area contributed by atoms with Crippen molar-refractivity contribution in [2.45, 2.75) is 52.1 Å². The molecule has 88 valence electrons. The molecule has 0 aromatic carbocycles. The third-order valence-corrected chi connectivity index (χ3v) is 3.63. The van der Waals surface area contributed by atoms with Crippen LogP contribution in [0, 0.1) is 5.41 Å². The van der Waals surface area contributed by atoms with Crippen LogP contribution in [0.2, 0.25) is 0 Å². The Labute approximate surface area is 94.0 Å². The monoisotopic (exact) mass is 211 g/mol. The van der Waals surface area contributed by atoms with Crippen molar-refractivity contribution in [3.05, 3.63) is 0 Å². The molecule has 1 aliphatic heterocycles. The smallest absolute Gasteiger partial charge is 0.0598 e. The lowest BCUT2D eigenvalue weighted by molar-refractivity contribution is -0.00644. The van der Waals surface area contributed by atoms with Crippen molar-refractivity contribution >= 4 is 0 Å². The van der Waals surface area contributed by atoms with Gasteiger partial charge in [-0.2, -0.15) is 0 Å². The molecule has 2 fully saturated rings. The van der Waals surface area contributed by atoms with Crippen LogP contribution in [0.3, 0.4) is 0 Å². The minimum atomic E-state index is 0.0305. The zero-order chi connectivity index (χ0) is 10.9. The van der Waals surface area contributed by atoms with Crippen LogP contribution in [-0.2, 0) is 4.74 Å². The van der Waals surface area contributed by atoms with Crippen molar-refractivity contribution in [3.63, 3.8) is 0 Å². The number of hydrogen-bond acceptors (Lipinski definition) is 2. The van der Waals surface area contributed by atoms with E-state index in [1.165, 1.54) is 45.3 Å². The number of nitrogens with zero attached hydrogens (tertiary/aromatic N) is 1. The zero-order valence-electron chi connectivity index (χ0n) is 10.5. The Hall–Kier alpha value is -0.0800. The van der Waals surface area contributed by atoms with E-state index in [0.29, 0.717) is 0 Å². The van der Waals surface area contributed by atoms with Crippen LogP contribution in [0.1, 0.15) is 46.5 Å². The maximum absolute atomic E-state index is 5.73. The Kier molecular flexibility index (Phi) is 3.09. The Balaban J connectivity index is 1.55. The predicted molar refractivity (Wildman–Crippen MR) is 63.0 cm³/mol. The fourth-order valence-corrected chi connectivity index (χ4v) is 2.47. The van der Waals surface area contributed by atoms with Gasteiger partial charge < -0.3 is 9.64 Å². The summed E-state index contributed by atoms with van der Waals surface area (Å²) in [6.45, 7) is 11.2. The molecule has 0 atom stereocenters. The molecule has 15 heavy (non-hydrogen) atoms. The highest BCUT2D eigenvalue weighted by atomic mass is 16.5. The van der Waals surface area contributed by atoms with E-state index in [1.54, 1.807) is 0 Å². The Morgan fingerprint density at radius 2 is 1.93 bits per heavy atom. The minimum absolute atomic E-state index is 0.0305. The van der Waals surface area contributed by atoms with E-state index < -0.39 is 0 Å². The standard InChI is InChI=1S/C13H25NO/c1-12(2,3)15-10-4-8-14-9-7-13(11-14)5-6-13/h4-11H2,1-3H3. The molecule has 1 saturated heterocycles. The first-order valence-electron chi connectivity index (χ1n) is 6.36. The molecule has 0 aromatic heterocycles. The maximum atomic E-state index is 5.73. The van der Waals surface area contributed by atoms with Crippen LogP contribution in [0.4, 0.5) is 0 Å². The molecule has 1 heterocycles. The first-order valence-corrected chi connectivity index (χ1v) is 6.36. The molecule has 2 nitrogen and oxygen atoms in total. The Morgan fingerprint density at radius 1 is 1.20 bits per heavy atom. The molecular weight excluding hydrogens is 186 g/mol. The van der Waals surface area contributed by atoms with Crippen LogP contribution in [0.15, 0.2) is 0 Å². The van der Waals surface area contributed by atoms with E-state index in [4.69, 9.17) is 4.74 Å². The van der Waals surface area contributed by atoms with Gasteiger partial charge in [-0.3, -0.25) is 0 Å². The number of likely N-dealkylation sites (tertiary alicyclic amines) is 1. The van der Waals surface area contributed by atoms with Crippen molar-refractivity contribution in [3.8, 4) is 0 Å². The number of ether oxygens (including phenoxy) is 1. The van der Waals surface area contributed by atoms with E-state index in [0.717, 1.165) is 12.0 Å². The SMILES string of the molecule is CC(C)(C)OCCCN1CCC2(CC2)C1. The molecule has 0 radical (unpaired) electrons. The molecule has 2 heteroatoms. The van der Waals surface area contributed by atoms with Crippen LogP contribution < -0.4 is 0 Å². The van der Waals surface area contributed by atoms with E-state index in [-0.39, 0.29) is 5.60 Å². The van der Waals surface area contributed by atoms with Crippen LogP contribution in [-0.4, -0.2) is 36.7 Å². The first-order chi connectivity index (χ1) is 6.99. The highest BCUT2D eigenvalue weighted by Crippen LogP contribution is 2.52. The summed E-state index contributed by atoms with van der Waals surface area (Å²) >= 11 is 0. The van der Waals surface area contributed by atoms with Crippen LogP contribution in [0.5, 0.6) is 0 Å². The molecular formula is C13H25NO. The lowest BCUT2D eigenvalue weighted by Gasteiger charge is -2.21. The van der Waals surface area contributed by atoms with Gasteiger partial charge in [0.25, 0.3) is 0 Å². The minimum Gasteiger partial charge on any atom is -0.376 e. The summed E-state index contributed by atoms with van der Waals surface area (Å²) in [4.78, 5) is 2.62. The lowest BCUT2D eigenvalue weighted by Crippen LogP contribution is -2.25. The van der Waals surface area contributed by atoms with E-state index in [1.807, 2.05) is 0 Å². The summed E-state index contributed by atoms with van der Waals surface area (Å²) in [5.74, 6) is 0. The molecule has 1 aliphatic carbocycles. The highest BCUT2D eigenvalue weighted by molar-refractivity contribution is 5.00. The van der Waals surface area contributed by atoms with E-state index in [2.05, 4.69) is 25.7 Å². The van der Waals surface area contributed by atoms with Gasteiger partial charge >= 0.3 is 0 Å². The van der Waals surface area contributed by atoms with Gasteiger partial charge in [-0.25, -0.2) is 0 Å². The summed E-state index contributed by atoms with van der Waals surface area (Å²) in [5.41, 5.74) is 0.813. The fraction of sp³-hybridized carbons (Fsp3) is 1.00. The second-order valence-corrected chi connectivity index (χ2v) is 6.34. The molecule has 0 unspecified atom stereocenters. The van der Waals surface area contributed by atoms with Gasteiger partial charge in [0.2, 0.25) is 0 Å². The van der Waals surface area contributed by atoms with Crippen molar-refractivity contribution in [2.24, 2.45) is 5.41 Å². The van der Waals surface area contributed by atoms with Crippen LogP contribution in [0.25, 0.3) is 0 Å². The van der Waals surface area contributed by atoms with Crippen molar-refractivity contribution in [1.29, 1.82) is 0 Å². The summed E-state index contributed by atoms with van der Waals surface area (Å²) in [7, 11) is 0. The Bertz CT molecular complexity index is 215. The molecule has 1 spiro atoms. The molecule has 0 aromatic rings. The number of rotatable bonds is 4. The van der Waals surface area contributed by atoms with Gasteiger partial charge in [0.15, 0.2) is 0 Å². The summed E-state index contributed by atoms with van der Waals surface area (Å²) in [6, 6.07) is 0. The fourth-order valence-electron chi connectivity index (χ4n) is 2.47. The molecule has 0 bridgehead atoms. The second-order valence-electron chi connectivity index (χ2n) is 6.34. The molecule has 0 amide bonds. The van der Waals surface area contributed by atoms with Gasteiger partial charge in [0.1, 0.15) is 0 Å². The van der Waals surface area contributed by atoms with Gasteiger partial charge in [-0.05, 0) is 58.4 Å². The molecule has 2 rings (SSSR count). The van der Waals surface area contributed by atoms with Crippen molar-refractivity contribution < 1.29 is 4.74 Å². The van der Waals surface area contributed by atoms with Gasteiger partial charge in [0, 0.05) is 19.7 Å². The zero-order valence-corrected chi connectivity index (χ0v) is 10.5. The first kappa shape index (κ1) is 11.4. The third-order valence-electron chi connectivity index (χ3n) is 3.63. The Morgan fingerprint density at radius 3 is 2.47 bits per heavy atom. The quantitative estimate of drug-likeness (QED) is 0.663. The summed E-state index contributed by atoms with van der Waals surface area (Å²) in [5, 5.41) is 0. The summed E-state index contributed by atoms with van der Waals surface area (Å²) < 4.78 is 5.73. The van der Waals surface area contributed by atoms with Crippen molar-refractivity contribution in [2.75, 3.05) is 26.2 Å². The molecule has 0 N–H and O–H groups in total. The normalized spacial score (nSPS) is 25.0. The molecule has 1 saturated carbocycles. The second kappa shape index (κ2) is 4.06. The molecule has 2 aliphatic rings. The van der Waals surface area contributed by atoms with Gasteiger partial charge in [0.05, 0.1) is 5.60 Å². The largest absolute Gasteiger partial charge is 0.376 e. The maximum Gasteiger partial charge on any atom is 0.0598 e. The van der Waals surface area contributed by atoms with Gasteiger partial charge in [-0.15, -0.1) is 0 Å². The van der Waals surface area contributed by atoms with E-state index >= 15 is 0 Å². The predicted octanol–water partition coefficient (Wildman–Crippen LogP) is 2.68. The average Bonchev–Trinajstić information content (AvgIpc) is 2.73. The number of hydrogen-bond donors (Lipinski definition) is 0. The third kappa shape index (κ3) is 3.46. The van der Waals surface area contributed by atoms with Gasteiger partial charge in [-0.1, -0.05) is 0 Å². The topological polar surface area (TPSA) is 12.5 Å². The summed E-state index contributed by atoms with van der Waals surface area (Å²) in [6.07, 6.45) is 5.62. The highest BCUT2D eigenvalue weighted by Gasteiger charge is 2.47. The van der Waals surface area contributed by atoms with Crippen molar-refractivity contribution in [1.82, 2.24) is 4.90 Å².